The largest absolute Gasteiger partial charge is 0.507 e. The first-order valence-corrected chi connectivity index (χ1v) is 9.85. The van der Waals surface area contributed by atoms with Crippen LogP contribution in [0.15, 0.2) is 48.0 Å². The fourth-order valence-corrected chi connectivity index (χ4v) is 3.70. The van der Waals surface area contributed by atoms with Crippen LogP contribution in [0.4, 0.5) is 0 Å². The van der Waals surface area contributed by atoms with Crippen molar-refractivity contribution in [2.45, 2.75) is 26.8 Å². The molecule has 1 unspecified atom stereocenters. The van der Waals surface area contributed by atoms with Gasteiger partial charge in [0.15, 0.2) is 11.5 Å². The van der Waals surface area contributed by atoms with Crippen molar-refractivity contribution in [2.75, 3.05) is 20.8 Å². The molecule has 30 heavy (non-hydrogen) atoms. The molecule has 1 heterocycles. The molecule has 6 heteroatoms. The van der Waals surface area contributed by atoms with Gasteiger partial charge in [-0.25, -0.2) is 0 Å². The van der Waals surface area contributed by atoms with Crippen LogP contribution in [-0.4, -0.2) is 42.5 Å². The number of methoxy groups -OCH3 is 2. The lowest BCUT2D eigenvalue weighted by Gasteiger charge is -2.27. The SMILES string of the molecule is COc1ccc(C2/C(=C(/O)c3ccc(C)cc3)C(=O)C(=O)N2CC(C)C)cc1OC. The maximum Gasteiger partial charge on any atom is 0.295 e. The normalized spacial score (nSPS) is 18.2. The molecule has 0 radical (unpaired) electrons. The third kappa shape index (κ3) is 3.90. The van der Waals surface area contributed by atoms with E-state index >= 15 is 0 Å². The molecule has 1 amide bonds. The topological polar surface area (TPSA) is 76.1 Å². The van der Waals surface area contributed by atoms with Crippen LogP contribution in [0.3, 0.4) is 0 Å². The monoisotopic (exact) mass is 409 g/mol. The molecule has 0 aliphatic carbocycles. The number of carbonyl (C=O) groups is 2. The second-order valence-corrected chi connectivity index (χ2v) is 7.83. The number of ketones is 1. The lowest BCUT2D eigenvalue weighted by atomic mass is 9.94. The van der Waals surface area contributed by atoms with Gasteiger partial charge in [0, 0.05) is 12.1 Å². The molecule has 1 aliphatic heterocycles. The molecule has 1 fully saturated rings. The minimum absolute atomic E-state index is 0.0803. The van der Waals surface area contributed by atoms with Crippen molar-refractivity contribution >= 4 is 17.4 Å². The van der Waals surface area contributed by atoms with Gasteiger partial charge in [-0.1, -0.05) is 49.7 Å². The maximum absolute atomic E-state index is 13.0. The van der Waals surface area contributed by atoms with Crippen molar-refractivity contribution in [3.63, 3.8) is 0 Å². The van der Waals surface area contributed by atoms with Gasteiger partial charge in [0.05, 0.1) is 25.8 Å². The molecule has 0 spiro atoms. The Hall–Kier alpha value is -3.28. The quantitative estimate of drug-likeness (QED) is 0.442. The van der Waals surface area contributed by atoms with Crippen LogP contribution in [0.1, 0.15) is 36.6 Å². The molecule has 2 aromatic carbocycles. The summed E-state index contributed by atoms with van der Waals surface area (Å²) in [4.78, 5) is 27.4. The summed E-state index contributed by atoms with van der Waals surface area (Å²) in [6.45, 7) is 6.28. The maximum atomic E-state index is 13.0. The van der Waals surface area contributed by atoms with E-state index in [-0.39, 0.29) is 17.3 Å². The van der Waals surface area contributed by atoms with E-state index < -0.39 is 17.7 Å². The Morgan fingerprint density at radius 3 is 2.23 bits per heavy atom. The number of benzene rings is 2. The summed E-state index contributed by atoms with van der Waals surface area (Å²) in [5, 5.41) is 11.0. The molecule has 6 nitrogen and oxygen atoms in total. The Morgan fingerprint density at radius 1 is 1.03 bits per heavy atom. The molecule has 1 N–H and O–H groups in total. The molecular weight excluding hydrogens is 382 g/mol. The fourth-order valence-electron chi connectivity index (χ4n) is 3.70. The number of ether oxygens (including phenoxy) is 2. The predicted molar refractivity (Wildman–Crippen MR) is 115 cm³/mol. The molecule has 0 aromatic heterocycles. The van der Waals surface area contributed by atoms with Gasteiger partial charge in [-0.05, 0) is 30.5 Å². The van der Waals surface area contributed by atoms with Crippen LogP contribution >= 0.6 is 0 Å². The van der Waals surface area contributed by atoms with E-state index in [2.05, 4.69) is 0 Å². The minimum Gasteiger partial charge on any atom is -0.507 e. The van der Waals surface area contributed by atoms with Gasteiger partial charge in [0.25, 0.3) is 11.7 Å². The fraction of sp³-hybridized carbons (Fsp3) is 0.333. The highest BCUT2D eigenvalue weighted by Crippen LogP contribution is 2.42. The molecular formula is C24H27NO5. The molecule has 158 valence electrons. The lowest BCUT2D eigenvalue weighted by molar-refractivity contribution is -0.140. The van der Waals surface area contributed by atoms with E-state index in [9.17, 15) is 14.7 Å². The minimum atomic E-state index is -0.714. The number of aliphatic hydroxyl groups excluding tert-OH is 1. The number of Topliss-reactive ketones (excluding diaryl/α,β-unsaturated/α-hetero) is 1. The number of carbonyl (C=O) groups excluding carboxylic acids is 2. The van der Waals surface area contributed by atoms with E-state index in [0.717, 1.165) is 5.56 Å². The van der Waals surface area contributed by atoms with Crippen LogP contribution in [0.2, 0.25) is 0 Å². The van der Waals surface area contributed by atoms with Crippen LogP contribution in [-0.2, 0) is 9.59 Å². The Kier molecular flexibility index (Phi) is 6.15. The number of likely N-dealkylation sites (tertiary alicyclic amines) is 1. The summed E-state index contributed by atoms with van der Waals surface area (Å²) in [7, 11) is 3.07. The van der Waals surface area contributed by atoms with E-state index in [1.54, 1.807) is 37.4 Å². The number of aliphatic hydroxyl groups is 1. The number of hydrogen-bond donors (Lipinski definition) is 1. The van der Waals surface area contributed by atoms with Crippen molar-refractivity contribution in [2.24, 2.45) is 5.92 Å². The third-order valence-corrected chi connectivity index (χ3v) is 5.15. The standard InChI is InChI=1S/C24H27NO5/c1-14(2)13-25-21(17-10-11-18(29-4)19(12-17)30-5)20(23(27)24(25)28)22(26)16-8-6-15(3)7-9-16/h6-12,14,21,26H,13H2,1-5H3/b22-20-. The number of hydrogen-bond acceptors (Lipinski definition) is 5. The first kappa shape index (κ1) is 21.4. The van der Waals surface area contributed by atoms with Gasteiger partial charge in [0.1, 0.15) is 5.76 Å². The molecule has 0 bridgehead atoms. The third-order valence-electron chi connectivity index (χ3n) is 5.15. The summed E-state index contributed by atoms with van der Waals surface area (Å²) in [5.74, 6) is -0.309. The summed E-state index contributed by atoms with van der Waals surface area (Å²) >= 11 is 0. The van der Waals surface area contributed by atoms with Gasteiger partial charge in [0.2, 0.25) is 0 Å². The Labute approximate surface area is 176 Å². The number of aryl methyl sites for hydroxylation is 1. The highest BCUT2D eigenvalue weighted by Gasteiger charge is 2.46. The van der Waals surface area contributed by atoms with Crippen molar-refractivity contribution in [3.8, 4) is 11.5 Å². The zero-order valence-corrected chi connectivity index (χ0v) is 17.9. The average molecular weight is 409 g/mol. The van der Waals surface area contributed by atoms with Crippen LogP contribution < -0.4 is 9.47 Å². The van der Waals surface area contributed by atoms with Crippen molar-refractivity contribution < 1.29 is 24.2 Å². The van der Waals surface area contributed by atoms with Gasteiger partial charge < -0.3 is 19.5 Å². The summed E-state index contributed by atoms with van der Waals surface area (Å²) in [5.41, 5.74) is 2.27. The van der Waals surface area contributed by atoms with Gasteiger partial charge >= 0.3 is 0 Å². The van der Waals surface area contributed by atoms with Crippen LogP contribution in [0.5, 0.6) is 11.5 Å². The van der Waals surface area contributed by atoms with E-state index in [4.69, 9.17) is 9.47 Å². The number of amides is 1. The second kappa shape index (κ2) is 8.61. The molecule has 2 aromatic rings. The first-order valence-electron chi connectivity index (χ1n) is 9.85. The van der Waals surface area contributed by atoms with E-state index in [0.29, 0.717) is 29.2 Å². The van der Waals surface area contributed by atoms with Crippen molar-refractivity contribution in [1.82, 2.24) is 4.90 Å². The molecule has 1 aliphatic rings. The van der Waals surface area contributed by atoms with Crippen molar-refractivity contribution in [1.29, 1.82) is 0 Å². The summed E-state index contributed by atoms with van der Waals surface area (Å²) in [6, 6.07) is 11.7. The van der Waals surface area contributed by atoms with E-state index in [1.165, 1.54) is 12.0 Å². The highest BCUT2D eigenvalue weighted by molar-refractivity contribution is 6.46. The van der Waals surface area contributed by atoms with Gasteiger partial charge in [-0.3, -0.25) is 9.59 Å². The van der Waals surface area contributed by atoms with Crippen LogP contribution in [0, 0.1) is 12.8 Å². The van der Waals surface area contributed by atoms with Gasteiger partial charge in [-0.2, -0.15) is 0 Å². The smallest absolute Gasteiger partial charge is 0.295 e. The zero-order valence-electron chi connectivity index (χ0n) is 17.9. The molecule has 1 atom stereocenters. The Morgan fingerprint density at radius 2 is 1.67 bits per heavy atom. The van der Waals surface area contributed by atoms with Crippen LogP contribution in [0.25, 0.3) is 5.76 Å². The highest BCUT2D eigenvalue weighted by atomic mass is 16.5. The first-order chi connectivity index (χ1) is 14.3. The summed E-state index contributed by atoms with van der Waals surface area (Å²) in [6.07, 6.45) is 0. The van der Waals surface area contributed by atoms with Gasteiger partial charge in [-0.15, -0.1) is 0 Å². The number of nitrogens with zero attached hydrogens (tertiary/aromatic N) is 1. The lowest BCUT2D eigenvalue weighted by Crippen LogP contribution is -2.33. The second-order valence-electron chi connectivity index (χ2n) is 7.83. The Bertz CT molecular complexity index is 991. The molecule has 3 rings (SSSR count). The van der Waals surface area contributed by atoms with E-state index in [1.807, 2.05) is 32.9 Å². The number of rotatable bonds is 6. The molecule has 0 saturated carbocycles. The average Bonchev–Trinajstić information content (AvgIpc) is 2.97. The predicted octanol–water partition coefficient (Wildman–Crippen LogP) is 4.09. The zero-order chi connectivity index (χ0) is 22.0. The van der Waals surface area contributed by atoms with Crippen molar-refractivity contribution in [3.05, 3.63) is 64.7 Å². The molecule has 1 saturated heterocycles. The summed E-state index contributed by atoms with van der Waals surface area (Å²) < 4.78 is 10.7. The Balaban J connectivity index is 2.21.